The van der Waals surface area contributed by atoms with E-state index in [1.54, 1.807) is 37.4 Å². The molecule has 2 N–H and O–H groups in total. The second-order valence-electron chi connectivity index (χ2n) is 6.10. The van der Waals surface area contributed by atoms with Crippen molar-refractivity contribution in [2.75, 3.05) is 19.0 Å². The van der Waals surface area contributed by atoms with Crippen LogP contribution in [-0.4, -0.2) is 46.5 Å². The average Bonchev–Trinajstić information content (AvgIpc) is 3.08. The molecule has 2 aromatic rings. The Balaban J connectivity index is 1.81. The smallest absolute Gasteiger partial charge is 0.351 e. The van der Waals surface area contributed by atoms with Crippen LogP contribution in [0.25, 0.3) is 0 Å². The minimum atomic E-state index is -0.574. The molecule has 1 aliphatic rings. The van der Waals surface area contributed by atoms with Gasteiger partial charge in [0.05, 0.1) is 12.7 Å². The minimum absolute atomic E-state index is 0.193. The topological polar surface area (TPSA) is 103 Å². The van der Waals surface area contributed by atoms with Gasteiger partial charge in [-0.3, -0.25) is 9.36 Å². The first-order valence-electron chi connectivity index (χ1n) is 8.28. The SMILES string of the molecule is CO[C@@H]1C[C@H](n2cc(C)c(NC(=O)c3ccccc3)nc2=O)O[C@@H]1CO. The Kier molecular flexibility index (Phi) is 5.46. The molecule has 1 aromatic carbocycles. The fourth-order valence-corrected chi connectivity index (χ4v) is 2.95. The number of carbonyl (C=O) groups excluding carboxylic acids is 1. The Morgan fingerprint density at radius 3 is 2.77 bits per heavy atom. The number of hydrogen-bond acceptors (Lipinski definition) is 6. The van der Waals surface area contributed by atoms with Crippen molar-refractivity contribution >= 4 is 11.7 Å². The lowest BCUT2D eigenvalue weighted by Gasteiger charge is -2.16. The fourth-order valence-electron chi connectivity index (χ4n) is 2.95. The number of anilines is 1. The highest BCUT2D eigenvalue weighted by atomic mass is 16.6. The number of rotatable bonds is 5. The maximum atomic E-state index is 12.4. The van der Waals surface area contributed by atoms with E-state index < -0.39 is 18.0 Å². The highest BCUT2D eigenvalue weighted by molar-refractivity contribution is 6.03. The Morgan fingerprint density at radius 1 is 1.42 bits per heavy atom. The standard InChI is InChI=1S/C18H21N3O5/c1-11-9-21(15-8-13(25-2)14(10-22)26-15)18(24)20-16(11)19-17(23)12-6-4-3-5-7-12/h3-7,9,13-15,22H,8,10H2,1-2H3,(H,19,20,23,24)/t13-,14-,15-/m1/s1. The van der Waals surface area contributed by atoms with E-state index in [1.165, 1.54) is 11.7 Å². The number of carbonyl (C=O) groups is 1. The van der Waals surface area contributed by atoms with Gasteiger partial charge in [-0.25, -0.2) is 4.79 Å². The van der Waals surface area contributed by atoms with Gasteiger partial charge in [-0.1, -0.05) is 18.2 Å². The van der Waals surface area contributed by atoms with Crippen LogP contribution in [0.3, 0.4) is 0 Å². The van der Waals surface area contributed by atoms with Crippen molar-refractivity contribution in [3.8, 4) is 0 Å². The van der Waals surface area contributed by atoms with Crippen molar-refractivity contribution in [1.29, 1.82) is 0 Å². The summed E-state index contributed by atoms with van der Waals surface area (Å²) in [7, 11) is 1.54. The van der Waals surface area contributed by atoms with Gasteiger partial charge in [-0.05, 0) is 19.1 Å². The molecule has 0 unspecified atom stereocenters. The molecule has 0 saturated carbocycles. The maximum absolute atomic E-state index is 12.4. The summed E-state index contributed by atoms with van der Waals surface area (Å²) < 4.78 is 12.3. The van der Waals surface area contributed by atoms with Crippen LogP contribution >= 0.6 is 0 Å². The van der Waals surface area contributed by atoms with E-state index in [2.05, 4.69) is 10.3 Å². The monoisotopic (exact) mass is 359 g/mol. The molecule has 8 heteroatoms. The number of aryl methyl sites for hydroxylation is 1. The molecule has 8 nitrogen and oxygen atoms in total. The first kappa shape index (κ1) is 18.2. The number of benzene rings is 1. The predicted molar refractivity (Wildman–Crippen MR) is 94.0 cm³/mol. The molecule has 0 bridgehead atoms. The predicted octanol–water partition coefficient (Wildman–Crippen LogP) is 1.10. The van der Waals surface area contributed by atoms with E-state index in [-0.39, 0.29) is 24.4 Å². The van der Waals surface area contributed by atoms with Crippen LogP contribution in [0.2, 0.25) is 0 Å². The molecule has 1 saturated heterocycles. The van der Waals surface area contributed by atoms with E-state index in [0.29, 0.717) is 17.5 Å². The van der Waals surface area contributed by atoms with Gasteiger partial charge in [-0.15, -0.1) is 0 Å². The van der Waals surface area contributed by atoms with Crippen molar-refractivity contribution in [3.05, 3.63) is 58.1 Å². The van der Waals surface area contributed by atoms with Crippen LogP contribution in [0.4, 0.5) is 5.82 Å². The zero-order chi connectivity index (χ0) is 18.7. The molecular weight excluding hydrogens is 338 g/mol. The minimum Gasteiger partial charge on any atom is -0.394 e. The van der Waals surface area contributed by atoms with Gasteiger partial charge >= 0.3 is 5.69 Å². The van der Waals surface area contributed by atoms with Gasteiger partial charge in [0.2, 0.25) is 0 Å². The lowest BCUT2D eigenvalue weighted by molar-refractivity contribution is -0.0535. The van der Waals surface area contributed by atoms with Gasteiger partial charge < -0.3 is 19.9 Å². The quantitative estimate of drug-likeness (QED) is 0.829. The van der Waals surface area contributed by atoms with Crippen LogP contribution in [0.1, 0.15) is 28.6 Å². The summed E-state index contributed by atoms with van der Waals surface area (Å²) in [5.74, 6) is -0.129. The normalized spacial score (nSPS) is 22.3. The summed E-state index contributed by atoms with van der Waals surface area (Å²) in [4.78, 5) is 28.6. The zero-order valence-electron chi connectivity index (χ0n) is 14.6. The molecule has 1 fully saturated rings. The number of aliphatic hydroxyl groups excluding tert-OH is 1. The third-order valence-electron chi connectivity index (χ3n) is 4.38. The molecular formula is C18H21N3O5. The van der Waals surface area contributed by atoms with Crippen LogP contribution in [0.5, 0.6) is 0 Å². The molecule has 26 heavy (non-hydrogen) atoms. The van der Waals surface area contributed by atoms with Gasteiger partial charge in [-0.2, -0.15) is 4.98 Å². The fraction of sp³-hybridized carbons (Fsp3) is 0.389. The molecule has 1 aliphatic heterocycles. The van der Waals surface area contributed by atoms with Crippen molar-refractivity contribution < 1.29 is 19.4 Å². The third kappa shape index (κ3) is 3.67. The number of methoxy groups -OCH3 is 1. The number of aromatic nitrogens is 2. The number of amides is 1. The Bertz CT molecular complexity index is 824. The third-order valence-corrected chi connectivity index (χ3v) is 4.38. The van der Waals surface area contributed by atoms with E-state index in [9.17, 15) is 14.7 Å². The summed E-state index contributed by atoms with van der Waals surface area (Å²) in [6.45, 7) is 1.55. The summed E-state index contributed by atoms with van der Waals surface area (Å²) in [5.41, 5.74) is 0.557. The molecule has 0 aliphatic carbocycles. The first-order valence-corrected chi connectivity index (χ1v) is 8.28. The number of aliphatic hydroxyl groups is 1. The molecule has 0 spiro atoms. The number of ether oxygens (including phenoxy) is 2. The summed E-state index contributed by atoms with van der Waals surface area (Å²) in [5, 5.41) is 12.0. The van der Waals surface area contributed by atoms with Gasteiger partial charge in [0.1, 0.15) is 18.1 Å². The summed E-state index contributed by atoms with van der Waals surface area (Å²) in [6.07, 6.45) is 0.657. The van der Waals surface area contributed by atoms with Gasteiger partial charge in [0.15, 0.2) is 0 Å². The number of hydrogen-bond donors (Lipinski definition) is 2. The van der Waals surface area contributed by atoms with E-state index in [4.69, 9.17) is 9.47 Å². The largest absolute Gasteiger partial charge is 0.394 e. The maximum Gasteiger partial charge on any atom is 0.351 e. The highest BCUT2D eigenvalue weighted by Crippen LogP contribution is 2.29. The van der Waals surface area contributed by atoms with Gasteiger partial charge in [0, 0.05) is 30.9 Å². The Hall–Kier alpha value is -2.55. The highest BCUT2D eigenvalue weighted by Gasteiger charge is 2.36. The summed E-state index contributed by atoms with van der Waals surface area (Å²) >= 11 is 0. The molecule has 138 valence electrons. The van der Waals surface area contributed by atoms with Crippen molar-refractivity contribution in [3.63, 3.8) is 0 Å². The van der Waals surface area contributed by atoms with E-state index in [0.717, 1.165) is 0 Å². The van der Waals surface area contributed by atoms with Crippen molar-refractivity contribution in [2.45, 2.75) is 31.8 Å². The van der Waals surface area contributed by atoms with Crippen LogP contribution in [0, 0.1) is 6.92 Å². The summed E-state index contributed by atoms with van der Waals surface area (Å²) in [6, 6.07) is 8.69. The molecule has 2 heterocycles. The molecule has 0 radical (unpaired) electrons. The zero-order valence-corrected chi connectivity index (χ0v) is 14.6. The molecule has 3 atom stereocenters. The van der Waals surface area contributed by atoms with E-state index >= 15 is 0 Å². The first-order chi connectivity index (χ1) is 12.5. The second kappa shape index (κ2) is 7.77. The lowest BCUT2D eigenvalue weighted by atomic mass is 10.2. The lowest BCUT2D eigenvalue weighted by Crippen LogP contribution is -2.29. The van der Waals surface area contributed by atoms with Crippen molar-refractivity contribution in [2.24, 2.45) is 0 Å². The van der Waals surface area contributed by atoms with Gasteiger partial charge in [0.25, 0.3) is 5.91 Å². The molecule has 1 amide bonds. The number of nitrogens with one attached hydrogen (secondary N) is 1. The Labute approximate surface area is 150 Å². The van der Waals surface area contributed by atoms with E-state index in [1.807, 2.05) is 6.07 Å². The second-order valence-corrected chi connectivity index (χ2v) is 6.10. The molecule has 3 rings (SSSR count). The average molecular weight is 359 g/mol. The van der Waals surface area contributed by atoms with Crippen molar-refractivity contribution in [1.82, 2.24) is 9.55 Å². The molecule has 1 aromatic heterocycles. The Morgan fingerprint density at radius 2 is 2.15 bits per heavy atom. The van der Waals surface area contributed by atoms with Crippen LogP contribution in [-0.2, 0) is 9.47 Å². The van der Waals surface area contributed by atoms with Crippen LogP contribution in [0.15, 0.2) is 41.3 Å². The van der Waals surface area contributed by atoms with Crippen LogP contribution < -0.4 is 11.0 Å². The number of nitrogens with zero attached hydrogens (tertiary/aromatic N) is 2.